The van der Waals surface area contributed by atoms with Crippen molar-refractivity contribution < 1.29 is 4.74 Å². The predicted octanol–water partition coefficient (Wildman–Crippen LogP) is 2.98. The van der Waals surface area contributed by atoms with Crippen molar-refractivity contribution in [1.29, 1.82) is 0 Å². The zero-order valence-electron chi connectivity index (χ0n) is 10.3. The fourth-order valence-electron chi connectivity index (χ4n) is 1.48. The summed E-state index contributed by atoms with van der Waals surface area (Å²) in [6.45, 7) is 7.97. The van der Waals surface area contributed by atoms with Crippen LogP contribution in [0.5, 0.6) is 0 Å². The molecule has 0 fully saturated rings. The Morgan fingerprint density at radius 1 is 1.40 bits per heavy atom. The molecular weight excluding hydrogens is 206 g/mol. The maximum atomic E-state index is 5.40. The van der Waals surface area contributed by atoms with Crippen LogP contribution in [0.1, 0.15) is 36.8 Å². The summed E-state index contributed by atoms with van der Waals surface area (Å²) < 4.78 is 5.40. The average molecular weight is 229 g/mol. The summed E-state index contributed by atoms with van der Waals surface area (Å²) in [5.74, 6) is 0. The number of hydrogen-bond donors (Lipinski definition) is 1. The van der Waals surface area contributed by atoms with E-state index in [0.29, 0.717) is 0 Å². The zero-order chi connectivity index (χ0) is 11.7. The minimum absolute atomic E-state index is 0.849. The predicted molar refractivity (Wildman–Crippen MR) is 68.5 cm³/mol. The first-order chi connectivity index (χ1) is 7.42. The largest absolute Gasteiger partial charge is 0.376 e. The number of thiophene rings is 1. The maximum Gasteiger partial charge on any atom is 0.0730 e. The first kappa shape index (κ1) is 14.6. The average Bonchev–Trinajstić information content (AvgIpc) is 2.77. The second kappa shape index (κ2) is 8.89. The van der Waals surface area contributed by atoms with Gasteiger partial charge < -0.3 is 10.5 Å². The number of rotatable bonds is 1. The van der Waals surface area contributed by atoms with E-state index in [-0.39, 0.29) is 0 Å². The van der Waals surface area contributed by atoms with Gasteiger partial charge in [-0.15, -0.1) is 11.3 Å². The van der Waals surface area contributed by atoms with Crippen molar-refractivity contribution in [2.24, 2.45) is 5.73 Å². The number of aryl methyl sites for hydroxylation is 1. The van der Waals surface area contributed by atoms with Gasteiger partial charge in [0, 0.05) is 11.3 Å². The minimum atomic E-state index is 0.849. The highest BCUT2D eigenvalue weighted by Gasteiger charge is 2.14. The Kier molecular flexibility index (Phi) is 8.67. The number of ether oxygens (including phenoxy) is 1. The van der Waals surface area contributed by atoms with Crippen molar-refractivity contribution in [2.45, 2.75) is 40.2 Å². The Morgan fingerprint density at radius 2 is 2.07 bits per heavy atom. The highest BCUT2D eigenvalue weighted by molar-refractivity contribution is 7.10. The van der Waals surface area contributed by atoms with Gasteiger partial charge in [0.15, 0.2) is 0 Å². The molecule has 0 aromatic carbocycles. The fraction of sp³-hybridized carbons (Fsp3) is 0.667. The summed E-state index contributed by atoms with van der Waals surface area (Å²) >= 11 is 1.90. The van der Waals surface area contributed by atoms with Gasteiger partial charge in [-0.25, -0.2) is 0 Å². The molecule has 2 rings (SSSR count). The first-order valence-electron chi connectivity index (χ1n) is 5.65. The topological polar surface area (TPSA) is 35.2 Å². The molecule has 0 spiro atoms. The molecule has 0 unspecified atom stereocenters. The van der Waals surface area contributed by atoms with Gasteiger partial charge in [0.25, 0.3) is 0 Å². The summed E-state index contributed by atoms with van der Waals surface area (Å²) in [6.07, 6.45) is 2.27. The molecule has 0 saturated heterocycles. The summed E-state index contributed by atoms with van der Waals surface area (Å²) in [7, 11) is 1.50. The van der Waals surface area contributed by atoms with Crippen LogP contribution in [0.4, 0.5) is 0 Å². The van der Waals surface area contributed by atoms with Crippen molar-refractivity contribution in [1.82, 2.24) is 0 Å². The van der Waals surface area contributed by atoms with E-state index in [1.807, 2.05) is 25.2 Å². The second-order valence-corrected chi connectivity index (χ2v) is 3.78. The SMILES string of the molecule is CC.CCc1csc2c1COCC2.CN. The van der Waals surface area contributed by atoms with E-state index in [1.165, 1.54) is 18.2 Å². The minimum Gasteiger partial charge on any atom is -0.376 e. The normalized spacial score (nSPS) is 12.9. The highest BCUT2D eigenvalue weighted by atomic mass is 32.1. The van der Waals surface area contributed by atoms with Crippen LogP contribution in [-0.4, -0.2) is 13.7 Å². The van der Waals surface area contributed by atoms with Gasteiger partial charge in [0.05, 0.1) is 13.2 Å². The molecule has 0 aliphatic carbocycles. The van der Waals surface area contributed by atoms with E-state index in [9.17, 15) is 0 Å². The molecule has 3 heteroatoms. The standard InChI is InChI=1S/C9H12OS.C2H6.CH5N/c1-2-7-6-11-9-3-4-10-5-8(7)9;2*1-2/h6H,2-5H2,1H3;1-2H3;2H2,1H3. The highest BCUT2D eigenvalue weighted by Crippen LogP contribution is 2.27. The number of hydrogen-bond acceptors (Lipinski definition) is 3. The van der Waals surface area contributed by atoms with Crippen LogP contribution < -0.4 is 5.73 Å². The summed E-state index contributed by atoms with van der Waals surface area (Å²) in [5, 5.41) is 2.28. The fourth-order valence-corrected chi connectivity index (χ4v) is 2.61. The molecule has 2 heterocycles. The lowest BCUT2D eigenvalue weighted by Gasteiger charge is -2.12. The molecule has 1 aromatic rings. The zero-order valence-corrected chi connectivity index (χ0v) is 11.1. The molecule has 1 aliphatic rings. The van der Waals surface area contributed by atoms with E-state index in [2.05, 4.69) is 18.0 Å². The van der Waals surface area contributed by atoms with Gasteiger partial charge in [0.1, 0.15) is 0 Å². The Bertz CT molecular complexity index is 245. The molecule has 2 N–H and O–H groups in total. The Balaban J connectivity index is 0.000000442. The Hall–Kier alpha value is -0.380. The molecule has 15 heavy (non-hydrogen) atoms. The Morgan fingerprint density at radius 3 is 2.67 bits per heavy atom. The molecule has 0 amide bonds. The van der Waals surface area contributed by atoms with Crippen LogP contribution in [0.3, 0.4) is 0 Å². The summed E-state index contributed by atoms with van der Waals surface area (Å²) in [5.41, 5.74) is 7.47. The monoisotopic (exact) mass is 229 g/mol. The molecule has 0 saturated carbocycles. The molecule has 0 bridgehead atoms. The third-order valence-corrected chi connectivity index (χ3v) is 3.31. The summed E-state index contributed by atoms with van der Waals surface area (Å²) in [4.78, 5) is 1.55. The molecule has 0 radical (unpaired) electrons. The molecule has 88 valence electrons. The number of fused-ring (bicyclic) bond motifs is 1. The van der Waals surface area contributed by atoms with Crippen molar-refractivity contribution in [3.05, 3.63) is 21.4 Å². The van der Waals surface area contributed by atoms with Crippen LogP contribution in [0.2, 0.25) is 0 Å². The number of nitrogens with two attached hydrogens (primary N) is 1. The third kappa shape index (κ3) is 3.93. The van der Waals surface area contributed by atoms with E-state index in [1.54, 1.807) is 4.88 Å². The van der Waals surface area contributed by atoms with Gasteiger partial charge in [-0.1, -0.05) is 20.8 Å². The van der Waals surface area contributed by atoms with E-state index in [4.69, 9.17) is 4.74 Å². The Labute approximate surface area is 97.5 Å². The molecule has 2 nitrogen and oxygen atoms in total. The smallest absolute Gasteiger partial charge is 0.0730 e. The van der Waals surface area contributed by atoms with Crippen LogP contribution in [0.25, 0.3) is 0 Å². The van der Waals surface area contributed by atoms with E-state index < -0.39 is 0 Å². The van der Waals surface area contributed by atoms with Crippen LogP contribution in [0, 0.1) is 0 Å². The lowest BCUT2D eigenvalue weighted by molar-refractivity contribution is 0.111. The van der Waals surface area contributed by atoms with Gasteiger partial charge >= 0.3 is 0 Å². The van der Waals surface area contributed by atoms with E-state index >= 15 is 0 Å². The molecule has 1 aromatic heterocycles. The quantitative estimate of drug-likeness (QED) is 0.803. The second-order valence-electron chi connectivity index (χ2n) is 2.82. The van der Waals surface area contributed by atoms with Gasteiger partial charge in [0.2, 0.25) is 0 Å². The lowest BCUT2D eigenvalue weighted by Crippen LogP contribution is -2.07. The van der Waals surface area contributed by atoms with Crippen LogP contribution >= 0.6 is 11.3 Å². The molecular formula is C12H23NOS. The first-order valence-corrected chi connectivity index (χ1v) is 6.53. The van der Waals surface area contributed by atoms with Crippen LogP contribution in [-0.2, 0) is 24.2 Å². The van der Waals surface area contributed by atoms with Gasteiger partial charge in [-0.05, 0) is 30.0 Å². The van der Waals surface area contributed by atoms with Crippen molar-refractivity contribution in [2.75, 3.05) is 13.7 Å². The van der Waals surface area contributed by atoms with Crippen molar-refractivity contribution in [3.8, 4) is 0 Å². The van der Waals surface area contributed by atoms with Gasteiger partial charge in [-0.3, -0.25) is 0 Å². The van der Waals surface area contributed by atoms with E-state index in [0.717, 1.165) is 26.1 Å². The summed E-state index contributed by atoms with van der Waals surface area (Å²) in [6, 6.07) is 0. The van der Waals surface area contributed by atoms with Crippen molar-refractivity contribution in [3.63, 3.8) is 0 Å². The van der Waals surface area contributed by atoms with Crippen molar-refractivity contribution >= 4 is 11.3 Å². The molecule has 1 aliphatic heterocycles. The van der Waals surface area contributed by atoms with Crippen LogP contribution in [0.15, 0.2) is 5.38 Å². The lowest BCUT2D eigenvalue weighted by atomic mass is 10.1. The van der Waals surface area contributed by atoms with Gasteiger partial charge in [-0.2, -0.15) is 0 Å². The maximum absolute atomic E-state index is 5.40. The molecule has 0 atom stereocenters. The third-order valence-electron chi connectivity index (χ3n) is 2.17.